The standard InChI is InChI=1S/C13H17N/c1-9-5-6-12(13-7-8-14-13)11-4-2-3-10(9)11/h5-6,13-14H,2-4,7-8H2,1H3/t13-/m1/s1. The maximum Gasteiger partial charge on any atom is 0.0335 e. The quantitative estimate of drug-likeness (QED) is 0.712. The fourth-order valence-electron chi connectivity index (χ4n) is 2.79. The first-order valence-corrected chi connectivity index (χ1v) is 5.71. The van der Waals surface area contributed by atoms with E-state index in [4.69, 9.17) is 0 Å². The smallest absolute Gasteiger partial charge is 0.0335 e. The third kappa shape index (κ3) is 1.12. The number of hydrogen-bond donors (Lipinski definition) is 1. The van der Waals surface area contributed by atoms with Crippen molar-refractivity contribution in [1.29, 1.82) is 0 Å². The van der Waals surface area contributed by atoms with Crippen molar-refractivity contribution in [3.8, 4) is 0 Å². The highest BCUT2D eigenvalue weighted by atomic mass is 15.0. The van der Waals surface area contributed by atoms with E-state index in [1.165, 1.54) is 37.8 Å². The lowest BCUT2D eigenvalue weighted by atomic mass is 9.90. The highest BCUT2D eigenvalue weighted by molar-refractivity contribution is 5.45. The van der Waals surface area contributed by atoms with Crippen LogP contribution in [0.15, 0.2) is 12.1 Å². The van der Waals surface area contributed by atoms with E-state index in [-0.39, 0.29) is 0 Å². The lowest BCUT2D eigenvalue weighted by Gasteiger charge is -2.30. The minimum Gasteiger partial charge on any atom is -0.310 e. The average molecular weight is 187 g/mol. The zero-order valence-corrected chi connectivity index (χ0v) is 8.77. The molecule has 1 aliphatic heterocycles. The molecule has 0 saturated carbocycles. The molecule has 0 unspecified atom stereocenters. The van der Waals surface area contributed by atoms with Gasteiger partial charge in [-0.3, -0.25) is 0 Å². The molecule has 1 aliphatic carbocycles. The largest absolute Gasteiger partial charge is 0.310 e. The maximum absolute atomic E-state index is 3.51. The van der Waals surface area contributed by atoms with Gasteiger partial charge in [-0.1, -0.05) is 12.1 Å². The molecule has 0 spiro atoms. The van der Waals surface area contributed by atoms with Crippen LogP contribution >= 0.6 is 0 Å². The molecule has 1 fully saturated rings. The Kier molecular flexibility index (Phi) is 1.88. The van der Waals surface area contributed by atoms with Crippen LogP contribution in [0.3, 0.4) is 0 Å². The van der Waals surface area contributed by atoms with Crippen LogP contribution in [-0.2, 0) is 12.8 Å². The van der Waals surface area contributed by atoms with E-state index < -0.39 is 0 Å². The molecule has 1 heterocycles. The maximum atomic E-state index is 3.51. The van der Waals surface area contributed by atoms with Crippen molar-refractivity contribution in [1.82, 2.24) is 5.32 Å². The van der Waals surface area contributed by atoms with Crippen molar-refractivity contribution in [2.24, 2.45) is 0 Å². The molecule has 1 aromatic carbocycles. The van der Waals surface area contributed by atoms with Gasteiger partial charge in [0, 0.05) is 6.04 Å². The number of nitrogens with one attached hydrogen (secondary N) is 1. The molecular formula is C13H17N. The summed E-state index contributed by atoms with van der Waals surface area (Å²) in [5.74, 6) is 0. The van der Waals surface area contributed by atoms with Crippen molar-refractivity contribution in [2.75, 3.05) is 6.54 Å². The van der Waals surface area contributed by atoms with E-state index in [0.29, 0.717) is 6.04 Å². The summed E-state index contributed by atoms with van der Waals surface area (Å²) in [5, 5.41) is 3.51. The van der Waals surface area contributed by atoms with Crippen LogP contribution in [0.4, 0.5) is 0 Å². The first kappa shape index (κ1) is 8.49. The van der Waals surface area contributed by atoms with E-state index in [1.807, 2.05) is 0 Å². The minimum absolute atomic E-state index is 0.669. The van der Waals surface area contributed by atoms with Gasteiger partial charge in [-0.2, -0.15) is 0 Å². The lowest BCUT2D eigenvalue weighted by Crippen LogP contribution is -2.35. The zero-order valence-electron chi connectivity index (χ0n) is 8.77. The summed E-state index contributed by atoms with van der Waals surface area (Å²) >= 11 is 0. The van der Waals surface area contributed by atoms with Crippen molar-refractivity contribution in [3.05, 3.63) is 34.4 Å². The first-order chi connectivity index (χ1) is 6.86. The van der Waals surface area contributed by atoms with E-state index in [0.717, 1.165) is 0 Å². The highest BCUT2D eigenvalue weighted by Crippen LogP contribution is 2.34. The number of rotatable bonds is 1. The van der Waals surface area contributed by atoms with Crippen LogP contribution in [-0.4, -0.2) is 6.54 Å². The van der Waals surface area contributed by atoms with Gasteiger partial charge < -0.3 is 5.32 Å². The van der Waals surface area contributed by atoms with E-state index >= 15 is 0 Å². The van der Waals surface area contributed by atoms with Gasteiger partial charge in [0.1, 0.15) is 0 Å². The van der Waals surface area contributed by atoms with Gasteiger partial charge in [-0.25, -0.2) is 0 Å². The van der Waals surface area contributed by atoms with E-state index in [2.05, 4.69) is 24.4 Å². The Balaban J connectivity index is 2.08. The van der Waals surface area contributed by atoms with Crippen LogP contribution < -0.4 is 5.32 Å². The van der Waals surface area contributed by atoms with Gasteiger partial charge in [0.2, 0.25) is 0 Å². The predicted octanol–water partition coefficient (Wildman–Crippen LogP) is 2.52. The molecule has 1 heteroatoms. The van der Waals surface area contributed by atoms with Gasteiger partial charge in [-0.15, -0.1) is 0 Å². The van der Waals surface area contributed by atoms with Crippen molar-refractivity contribution >= 4 is 0 Å². The summed E-state index contributed by atoms with van der Waals surface area (Å²) in [5.41, 5.74) is 6.41. The van der Waals surface area contributed by atoms with E-state index in [1.54, 1.807) is 16.7 Å². The van der Waals surface area contributed by atoms with E-state index in [9.17, 15) is 0 Å². The summed E-state index contributed by atoms with van der Waals surface area (Å²) in [6.07, 6.45) is 5.31. The molecule has 0 bridgehead atoms. The van der Waals surface area contributed by atoms with Gasteiger partial charge in [0.05, 0.1) is 0 Å². The van der Waals surface area contributed by atoms with Crippen molar-refractivity contribution in [3.63, 3.8) is 0 Å². The van der Waals surface area contributed by atoms with Crippen LogP contribution in [0.1, 0.15) is 41.1 Å². The molecular weight excluding hydrogens is 170 g/mol. The van der Waals surface area contributed by atoms with Gasteiger partial charge in [0.15, 0.2) is 0 Å². The van der Waals surface area contributed by atoms with Crippen LogP contribution in [0.2, 0.25) is 0 Å². The first-order valence-electron chi connectivity index (χ1n) is 5.71. The van der Waals surface area contributed by atoms with Crippen LogP contribution in [0, 0.1) is 6.92 Å². The predicted molar refractivity (Wildman–Crippen MR) is 58.6 cm³/mol. The third-order valence-corrected chi connectivity index (χ3v) is 3.75. The normalized spacial score (nSPS) is 24.5. The number of hydrogen-bond acceptors (Lipinski definition) is 1. The van der Waals surface area contributed by atoms with Crippen molar-refractivity contribution in [2.45, 2.75) is 38.6 Å². The Morgan fingerprint density at radius 3 is 2.71 bits per heavy atom. The van der Waals surface area contributed by atoms with Gasteiger partial charge in [0.25, 0.3) is 0 Å². The second-order valence-corrected chi connectivity index (χ2v) is 4.58. The molecule has 0 radical (unpaired) electrons. The molecule has 2 aliphatic rings. The van der Waals surface area contributed by atoms with Crippen LogP contribution in [0.25, 0.3) is 0 Å². The Labute approximate surface area is 85.5 Å². The Bertz CT molecular complexity index is 364. The summed E-state index contributed by atoms with van der Waals surface area (Å²) in [6.45, 7) is 3.45. The fourth-order valence-corrected chi connectivity index (χ4v) is 2.79. The summed E-state index contributed by atoms with van der Waals surface area (Å²) in [7, 11) is 0. The summed E-state index contributed by atoms with van der Waals surface area (Å²) in [6, 6.07) is 5.32. The Hall–Kier alpha value is -0.820. The topological polar surface area (TPSA) is 12.0 Å². The number of aryl methyl sites for hydroxylation is 1. The monoisotopic (exact) mass is 187 g/mol. The van der Waals surface area contributed by atoms with Crippen molar-refractivity contribution < 1.29 is 0 Å². The molecule has 1 atom stereocenters. The van der Waals surface area contributed by atoms with Gasteiger partial charge in [-0.05, 0) is 61.4 Å². The zero-order chi connectivity index (χ0) is 9.54. The molecule has 1 saturated heterocycles. The SMILES string of the molecule is Cc1ccc([C@H]2CCN2)c2c1CCC2. The summed E-state index contributed by atoms with van der Waals surface area (Å²) < 4.78 is 0. The molecule has 1 nitrogen and oxygen atoms in total. The number of benzene rings is 1. The molecule has 0 amide bonds. The average Bonchev–Trinajstić information content (AvgIpc) is 2.55. The third-order valence-electron chi connectivity index (χ3n) is 3.75. The molecule has 1 aromatic rings. The fraction of sp³-hybridized carbons (Fsp3) is 0.538. The molecule has 14 heavy (non-hydrogen) atoms. The van der Waals surface area contributed by atoms with Gasteiger partial charge >= 0.3 is 0 Å². The molecule has 74 valence electrons. The minimum atomic E-state index is 0.669. The number of fused-ring (bicyclic) bond motifs is 1. The van der Waals surface area contributed by atoms with Crippen LogP contribution in [0.5, 0.6) is 0 Å². The molecule has 3 rings (SSSR count). The second kappa shape index (κ2) is 3.09. The summed E-state index contributed by atoms with van der Waals surface area (Å²) in [4.78, 5) is 0. The Morgan fingerprint density at radius 1 is 1.21 bits per heavy atom. The highest BCUT2D eigenvalue weighted by Gasteiger charge is 2.25. The second-order valence-electron chi connectivity index (χ2n) is 4.58. The molecule has 1 N–H and O–H groups in total. The Morgan fingerprint density at radius 2 is 2.00 bits per heavy atom. The lowest BCUT2D eigenvalue weighted by molar-refractivity contribution is 0.381. The molecule has 0 aromatic heterocycles.